The lowest BCUT2D eigenvalue weighted by atomic mass is 9.73. The summed E-state index contributed by atoms with van der Waals surface area (Å²) in [6.45, 7) is 4.67. The van der Waals surface area contributed by atoms with Gasteiger partial charge in [-0.05, 0) is 80.4 Å². The monoisotopic (exact) mass is 418 g/mol. The smallest absolute Gasteiger partial charge is 0.341 e. The Kier molecular flexibility index (Phi) is 8.58. The topological polar surface area (TPSA) is 76.0 Å². The van der Waals surface area contributed by atoms with Crippen LogP contribution in [0.25, 0.3) is 0 Å². The second-order valence-corrected chi connectivity index (χ2v) is 9.03. The molecule has 1 aromatic carbocycles. The summed E-state index contributed by atoms with van der Waals surface area (Å²) in [4.78, 5) is 10.9. The van der Waals surface area contributed by atoms with Gasteiger partial charge in [0.05, 0.1) is 12.2 Å². The largest absolute Gasteiger partial charge is 0.482 e. The fourth-order valence-corrected chi connectivity index (χ4v) is 5.62. The Labute approximate surface area is 180 Å². The van der Waals surface area contributed by atoms with E-state index in [0.717, 1.165) is 57.3 Å². The number of aliphatic hydroxyl groups excluding tert-OH is 1. The fraction of sp³-hybridized carbons (Fsp3) is 0.720. The van der Waals surface area contributed by atoms with Crippen LogP contribution >= 0.6 is 0 Å². The molecule has 1 fully saturated rings. The van der Waals surface area contributed by atoms with Crippen molar-refractivity contribution in [2.75, 3.05) is 13.2 Å². The molecule has 0 aliphatic heterocycles. The molecule has 5 atom stereocenters. The minimum atomic E-state index is -0.948. The van der Waals surface area contributed by atoms with Crippen LogP contribution < -0.4 is 4.74 Å². The molecule has 2 aliphatic carbocycles. The van der Waals surface area contributed by atoms with E-state index in [9.17, 15) is 9.90 Å². The van der Waals surface area contributed by atoms with Gasteiger partial charge < -0.3 is 19.7 Å². The van der Waals surface area contributed by atoms with Gasteiger partial charge in [-0.25, -0.2) is 4.79 Å². The standard InChI is InChI=1S/C25H38O5/c1-3-5-6-9-19(26)11-12-20-21-13-17-8-7-10-23(30-16-25(27)28)22(17)14-18(21)15-24(20)29-4-2/h7-8,10,18-21,24,26H,3-6,9,11-16H2,1-2H3,(H,27,28). The van der Waals surface area contributed by atoms with E-state index in [1.54, 1.807) is 0 Å². The van der Waals surface area contributed by atoms with Crippen LogP contribution in [-0.2, 0) is 22.4 Å². The van der Waals surface area contributed by atoms with Gasteiger partial charge in [0.2, 0.25) is 0 Å². The van der Waals surface area contributed by atoms with Crippen molar-refractivity contribution >= 4 is 5.97 Å². The van der Waals surface area contributed by atoms with Crippen LogP contribution in [0.5, 0.6) is 5.75 Å². The molecule has 3 rings (SSSR count). The van der Waals surface area contributed by atoms with Gasteiger partial charge in [0, 0.05) is 6.61 Å². The summed E-state index contributed by atoms with van der Waals surface area (Å²) in [5.74, 6) is 1.34. The lowest BCUT2D eigenvalue weighted by Crippen LogP contribution is -2.29. The molecule has 168 valence electrons. The maximum atomic E-state index is 10.9. The first-order valence-corrected chi connectivity index (χ1v) is 11.8. The summed E-state index contributed by atoms with van der Waals surface area (Å²) in [5, 5.41) is 19.4. The number of carboxylic acids is 1. The highest BCUT2D eigenvalue weighted by Gasteiger charge is 2.45. The maximum Gasteiger partial charge on any atom is 0.341 e. The van der Waals surface area contributed by atoms with Gasteiger partial charge >= 0.3 is 5.97 Å². The van der Waals surface area contributed by atoms with Crippen LogP contribution in [0.2, 0.25) is 0 Å². The van der Waals surface area contributed by atoms with Crippen molar-refractivity contribution in [2.24, 2.45) is 17.8 Å². The van der Waals surface area contributed by atoms with Gasteiger partial charge in [-0.1, -0.05) is 38.3 Å². The average Bonchev–Trinajstić information content (AvgIpc) is 3.05. The van der Waals surface area contributed by atoms with Gasteiger partial charge in [0.25, 0.3) is 0 Å². The number of aliphatic hydroxyl groups is 1. The van der Waals surface area contributed by atoms with Gasteiger partial charge in [0.15, 0.2) is 6.61 Å². The second-order valence-electron chi connectivity index (χ2n) is 9.03. The molecule has 0 amide bonds. The molecule has 0 saturated heterocycles. The molecular weight excluding hydrogens is 380 g/mol. The van der Waals surface area contributed by atoms with E-state index in [2.05, 4.69) is 19.9 Å². The van der Waals surface area contributed by atoms with Gasteiger partial charge in [-0.15, -0.1) is 0 Å². The lowest BCUT2D eigenvalue weighted by molar-refractivity contribution is -0.139. The van der Waals surface area contributed by atoms with Crippen molar-refractivity contribution < 1.29 is 24.5 Å². The Hall–Kier alpha value is -1.59. The number of unbranched alkanes of at least 4 members (excludes halogenated alkanes) is 2. The zero-order valence-electron chi connectivity index (χ0n) is 18.5. The number of hydrogen-bond acceptors (Lipinski definition) is 4. The number of benzene rings is 1. The number of carboxylic acid groups (broad SMARTS) is 1. The van der Waals surface area contributed by atoms with Gasteiger partial charge in [-0.2, -0.15) is 0 Å². The molecule has 5 nitrogen and oxygen atoms in total. The van der Waals surface area contributed by atoms with Crippen LogP contribution in [0.3, 0.4) is 0 Å². The number of fused-ring (bicyclic) bond motifs is 2. The van der Waals surface area contributed by atoms with Crippen LogP contribution in [0.1, 0.15) is 69.9 Å². The van der Waals surface area contributed by atoms with E-state index in [1.807, 2.05) is 12.1 Å². The quantitative estimate of drug-likeness (QED) is 0.484. The molecule has 0 aromatic heterocycles. The normalized spacial score (nSPS) is 26.1. The van der Waals surface area contributed by atoms with Gasteiger partial charge in [-0.3, -0.25) is 0 Å². The third-order valence-corrected chi connectivity index (χ3v) is 7.03. The predicted octanol–water partition coefficient (Wildman–Crippen LogP) is 4.63. The molecule has 5 heteroatoms. The molecule has 0 heterocycles. The van der Waals surface area contributed by atoms with E-state index >= 15 is 0 Å². The molecule has 1 aromatic rings. The highest BCUT2D eigenvalue weighted by molar-refractivity contribution is 5.68. The Morgan fingerprint density at radius 1 is 1.20 bits per heavy atom. The zero-order chi connectivity index (χ0) is 21.5. The minimum Gasteiger partial charge on any atom is -0.482 e. The highest BCUT2D eigenvalue weighted by Crippen LogP contribution is 2.49. The molecule has 0 spiro atoms. The zero-order valence-corrected chi connectivity index (χ0v) is 18.5. The summed E-state index contributed by atoms with van der Waals surface area (Å²) < 4.78 is 11.7. The summed E-state index contributed by atoms with van der Waals surface area (Å²) in [6, 6.07) is 6.02. The molecule has 1 saturated carbocycles. The van der Waals surface area contributed by atoms with Crippen LogP contribution in [0.4, 0.5) is 0 Å². The fourth-order valence-electron chi connectivity index (χ4n) is 5.62. The van der Waals surface area contributed by atoms with Crippen molar-refractivity contribution in [2.45, 2.75) is 83.8 Å². The first-order chi connectivity index (χ1) is 14.5. The minimum absolute atomic E-state index is 0.204. The average molecular weight is 419 g/mol. The van der Waals surface area contributed by atoms with E-state index in [0.29, 0.717) is 17.8 Å². The third-order valence-electron chi connectivity index (χ3n) is 7.03. The summed E-state index contributed by atoms with van der Waals surface area (Å²) in [5.41, 5.74) is 2.46. The Morgan fingerprint density at radius 3 is 2.77 bits per heavy atom. The van der Waals surface area contributed by atoms with E-state index in [-0.39, 0.29) is 18.8 Å². The van der Waals surface area contributed by atoms with E-state index < -0.39 is 5.97 Å². The number of hydrogen-bond donors (Lipinski definition) is 2. The van der Waals surface area contributed by atoms with Crippen LogP contribution in [-0.4, -0.2) is 41.6 Å². The first kappa shape index (κ1) is 23.1. The van der Waals surface area contributed by atoms with Crippen molar-refractivity contribution in [1.29, 1.82) is 0 Å². The second kappa shape index (κ2) is 11.1. The number of ether oxygens (including phenoxy) is 2. The highest BCUT2D eigenvalue weighted by atomic mass is 16.5. The Balaban J connectivity index is 1.68. The van der Waals surface area contributed by atoms with E-state index in [1.165, 1.54) is 24.0 Å². The molecule has 0 radical (unpaired) electrons. The summed E-state index contributed by atoms with van der Waals surface area (Å²) in [7, 11) is 0. The Bertz CT molecular complexity index is 688. The molecule has 5 unspecified atom stereocenters. The van der Waals surface area contributed by atoms with Gasteiger partial charge in [0.1, 0.15) is 5.75 Å². The van der Waals surface area contributed by atoms with Crippen LogP contribution in [0, 0.1) is 17.8 Å². The molecular formula is C25H38O5. The molecule has 2 aliphatic rings. The molecule has 2 N–H and O–H groups in total. The summed E-state index contributed by atoms with van der Waals surface area (Å²) in [6.07, 6.45) is 9.27. The molecule has 30 heavy (non-hydrogen) atoms. The number of aliphatic carboxylic acids is 1. The SMILES string of the molecule is CCCCCC(O)CCC1C(OCC)CC2Cc3c(cccc3OCC(=O)O)CC21. The number of carbonyl (C=O) groups is 1. The molecule has 0 bridgehead atoms. The first-order valence-electron chi connectivity index (χ1n) is 11.8. The van der Waals surface area contributed by atoms with Crippen molar-refractivity contribution in [1.82, 2.24) is 0 Å². The lowest BCUT2D eigenvalue weighted by Gasteiger charge is -2.33. The summed E-state index contributed by atoms with van der Waals surface area (Å²) >= 11 is 0. The van der Waals surface area contributed by atoms with Crippen molar-refractivity contribution in [3.8, 4) is 5.75 Å². The van der Waals surface area contributed by atoms with Crippen LogP contribution in [0.15, 0.2) is 18.2 Å². The third kappa shape index (κ3) is 5.76. The Morgan fingerprint density at radius 2 is 2.03 bits per heavy atom. The number of rotatable bonds is 12. The predicted molar refractivity (Wildman–Crippen MR) is 117 cm³/mol. The van der Waals surface area contributed by atoms with Crippen molar-refractivity contribution in [3.63, 3.8) is 0 Å². The van der Waals surface area contributed by atoms with E-state index in [4.69, 9.17) is 14.6 Å². The maximum absolute atomic E-state index is 10.9. The van der Waals surface area contributed by atoms with Crippen molar-refractivity contribution in [3.05, 3.63) is 29.3 Å².